The molecule has 1 N–H and O–H groups in total. The number of methoxy groups -OCH3 is 2. The van der Waals surface area contributed by atoms with Crippen LogP contribution >= 0.6 is 12.4 Å². The van der Waals surface area contributed by atoms with Gasteiger partial charge in [-0.05, 0) is 69.5 Å². The second-order valence-electron chi connectivity index (χ2n) is 11.2. The van der Waals surface area contributed by atoms with Gasteiger partial charge < -0.3 is 29.3 Å². The highest BCUT2D eigenvalue weighted by Crippen LogP contribution is 2.34. The van der Waals surface area contributed by atoms with E-state index in [4.69, 9.17) is 14.2 Å². The van der Waals surface area contributed by atoms with E-state index in [-0.39, 0.29) is 54.4 Å². The van der Waals surface area contributed by atoms with Crippen molar-refractivity contribution in [3.63, 3.8) is 0 Å². The van der Waals surface area contributed by atoms with E-state index < -0.39 is 5.82 Å². The number of rotatable bonds is 12. The summed E-state index contributed by atoms with van der Waals surface area (Å²) in [5, 5.41) is 3.40. The van der Waals surface area contributed by atoms with Gasteiger partial charge in [-0.15, -0.1) is 12.4 Å². The molecule has 0 saturated carbocycles. The molecule has 8 nitrogen and oxygen atoms in total. The second kappa shape index (κ2) is 16.2. The number of carbonyl (C=O) groups is 2. The summed E-state index contributed by atoms with van der Waals surface area (Å²) in [4.78, 5) is 30.4. The van der Waals surface area contributed by atoms with Crippen LogP contribution in [0.4, 0.5) is 4.39 Å². The fraction of sp³-hybridized carbons (Fsp3) is 0.562. The highest BCUT2D eigenvalue weighted by molar-refractivity contribution is 5.96. The van der Waals surface area contributed by atoms with Gasteiger partial charge in [-0.2, -0.15) is 0 Å². The van der Waals surface area contributed by atoms with Gasteiger partial charge in [-0.3, -0.25) is 9.59 Å². The Morgan fingerprint density at radius 1 is 1.10 bits per heavy atom. The summed E-state index contributed by atoms with van der Waals surface area (Å²) >= 11 is 0. The number of benzene rings is 2. The van der Waals surface area contributed by atoms with Crippen molar-refractivity contribution in [3.05, 3.63) is 53.3 Å². The van der Waals surface area contributed by atoms with Crippen molar-refractivity contribution in [3.8, 4) is 16.9 Å². The highest BCUT2D eigenvalue weighted by atomic mass is 35.5. The third-order valence-corrected chi connectivity index (χ3v) is 7.93. The van der Waals surface area contributed by atoms with Gasteiger partial charge in [0.15, 0.2) is 0 Å². The molecule has 2 heterocycles. The Balaban J connectivity index is 0.00000484. The van der Waals surface area contributed by atoms with E-state index in [9.17, 15) is 9.59 Å². The highest BCUT2D eigenvalue weighted by Gasteiger charge is 2.29. The van der Waals surface area contributed by atoms with Crippen LogP contribution in [0.3, 0.4) is 0 Å². The number of nitrogens with zero attached hydrogens (tertiary/aromatic N) is 2. The largest absolute Gasteiger partial charge is 0.493 e. The van der Waals surface area contributed by atoms with Crippen molar-refractivity contribution in [1.29, 1.82) is 0 Å². The standard InChI is InChI=1S/C32H44FN3O5.ClH/c1-22(2)36(25-7-5-13-34-20-25)31(37)18-23-8-10-27(30(17-23)41-16-6-15-39-3)28-19-24(9-11-29(28)33)32(38)35-14-12-26(21-35)40-4;/h8-11,17,19,22,25-26,34H,5-7,12-16,18,20-21H2,1-4H3;1H/t25-,26?;/m1./s1. The molecular weight excluding hydrogens is 561 g/mol. The molecule has 2 atom stereocenters. The number of nitrogens with one attached hydrogen (secondary N) is 1. The quantitative estimate of drug-likeness (QED) is 0.353. The predicted molar refractivity (Wildman–Crippen MR) is 164 cm³/mol. The minimum Gasteiger partial charge on any atom is -0.493 e. The Morgan fingerprint density at radius 2 is 1.90 bits per heavy atom. The van der Waals surface area contributed by atoms with Crippen LogP contribution in [0, 0.1) is 5.82 Å². The first-order valence-electron chi connectivity index (χ1n) is 14.7. The predicted octanol–water partition coefficient (Wildman–Crippen LogP) is 4.72. The number of hydrogen-bond acceptors (Lipinski definition) is 6. The average Bonchev–Trinajstić information content (AvgIpc) is 3.45. The summed E-state index contributed by atoms with van der Waals surface area (Å²) in [6.07, 6.45) is 3.71. The minimum atomic E-state index is -0.445. The van der Waals surface area contributed by atoms with Gasteiger partial charge in [0.2, 0.25) is 5.91 Å². The molecular formula is C32H45ClFN3O5. The number of ether oxygens (including phenoxy) is 3. The van der Waals surface area contributed by atoms with Crippen molar-refractivity contribution in [2.75, 3.05) is 53.6 Å². The number of hydrogen-bond donors (Lipinski definition) is 1. The number of likely N-dealkylation sites (tertiary alicyclic amines) is 1. The third kappa shape index (κ3) is 8.43. The van der Waals surface area contributed by atoms with Crippen molar-refractivity contribution >= 4 is 24.2 Å². The number of carbonyl (C=O) groups excluding carboxylic acids is 2. The van der Waals surface area contributed by atoms with Crippen molar-refractivity contribution in [2.24, 2.45) is 0 Å². The molecule has 0 aromatic heterocycles. The lowest BCUT2D eigenvalue weighted by Crippen LogP contribution is -2.52. The molecule has 0 radical (unpaired) electrons. The van der Waals surface area contributed by atoms with Crippen LogP contribution < -0.4 is 10.1 Å². The molecule has 2 aromatic carbocycles. The Labute approximate surface area is 255 Å². The lowest BCUT2D eigenvalue weighted by Gasteiger charge is -2.37. The van der Waals surface area contributed by atoms with Crippen LogP contribution in [0.2, 0.25) is 0 Å². The molecule has 2 aliphatic heterocycles. The summed E-state index contributed by atoms with van der Waals surface area (Å²) in [7, 11) is 3.28. The van der Waals surface area contributed by atoms with E-state index in [2.05, 4.69) is 19.2 Å². The van der Waals surface area contributed by atoms with Gasteiger partial charge in [-0.25, -0.2) is 4.39 Å². The second-order valence-corrected chi connectivity index (χ2v) is 11.2. The zero-order chi connectivity index (χ0) is 29.4. The van der Waals surface area contributed by atoms with Gasteiger partial charge >= 0.3 is 0 Å². The number of piperidine rings is 1. The number of halogens is 2. The summed E-state index contributed by atoms with van der Waals surface area (Å²) in [6.45, 7) is 7.90. The fourth-order valence-electron chi connectivity index (χ4n) is 5.81. The molecule has 10 heteroatoms. The average molecular weight is 606 g/mol. The van der Waals surface area contributed by atoms with Crippen LogP contribution in [-0.2, 0) is 20.7 Å². The van der Waals surface area contributed by atoms with Crippen molar-refractivity contribution < 1.29 is 28.2 Å². The molecule has 4 rings (SSSR count). The van der Waals surface area contributed by atoms with Crippen LogP contribution in [0.15, 0.2) is 36.4 Å². The zero-order valence-electron chi connectivity index (χ0n) is 25.2. The van der Waals surface area contributed by atoms with Gasteiger partial charge in [0.1, 0.15) is 11.6 Å². The monoisotopic (exact) mass is 605 g/mol. The molecule has 2 aromatic rings. The van der Waals surface area contributed by atoms with Crippen molar-refractivity contribution in [2.45, 2.75) is 64.1 Å². The Bertz CT molecular complexity index is 1190. The topological polar surface area (TPSA) is 80.3 Å². The molecule has 2 aliphatic rings. The first kappa shape index (κ1) is 33.8. The minimum absolute atomic E-state index is 0. The Kier molecular flexibility index (Phi) is 13.0. The Hall–Kier alpha value is -2.72. The molecule has 2 fully saturated rings. The molecule has 0 spiro atoms. The summed E-state index contributed by atoms with van der Waals surface area (Å²) in [5.74, 6) is -0.0582. The summed E-state index contributed by atoms with van der Waals surface area (Å²) in [5.41, 5.74) is 2.04. The van der Waals surface area contributed by atoms with Gasteiger partial charge in [0.25, 0.3) is 5.91 Å². The molecule has 42 heavy (non-hydrogen) atoms. The van der Waals surface area contributed by atoms with Gasteiger partial charge in [0, 0.05) is 75.7 Å². The molecule has 2 saturated heterocycles. The molecule has 0 aliphatic carbocycles. The third-order valence-electron chi connectivity index (χ3n) is 7.93. The van der Waals surface area contributed by atoms with E-state index in [1.807, 2.05) is 17.0 Å². The van der Waals surface area contributed by atoms with E-state index in [1.54, 1.807) is 31.3 Å². The SMILES string of the molecule is COCCCOc1cc(CC(=O)N(C(C)C)[C@@H]2CCCNC2)ccc1-c1cc(C(=O)N2CCC(OC)C2)ccc1F.Cl. The first-order valence-corrected chi connectivity index (χ1v) is 14.7. The summed E-state index contributed by atoms with van der Waals surface area (Å²) in [6, 6.07) is 10.2. The summed E-state index contributed by atoms with van der Waals surface area (Å²) < 4.78 is 31.9. The van der Waals surface area contributed by atoms with E-state index in [0.29, 0.717) is 49.6 Å². The van der Waals surface area contributed by atoms with Gasteiger partial charge in [-0.1, -0.05) is 12.1 Å². The number of amides is 2. The molecule has 2 amide bonds. The van der Waals surface area contributed by atoms with E-state index in [1.165, 1.54) is 12.1 Å². The normalized spacial score (nSPS) is 18.6. The van der Waals surface area contributed by atoms with Crippen LogP contribution in [0.1, 0.15) is 55.5 Å². The van der Waals surface area contributed by atoms with Gasteiger partial charge in [0.05, 0.1) is 19.1 Å². The van der Waals surface area contributed by atoms with E-state index in [0.717, 1.165) is 37.9 Å². The Morgan fingerprint density at radius 3 is 2.57 bits per heavy atom. The lowest BCUT2D eigenvalue weighted by molar-refractivity contribution is -0.135. The fourth-order valence-corrected chi connectivity index (χ4v) is 5.81. The first-order chi connectivity index (χ1) is 19.8. The van der Waals surface area contributed by atoms with Crippen LogP contribution in [0.25, 0.3) is 11.1 Å². The molecule has 1 unspecified atom stereocenters. The maximum Gasteiger partial charge on any atom is 0.253 e. The van der Waals surface area contributed by atoms with Crippen LogP contribution in [-0.4, -0.2) is 93.4 Å². The maximum absolute atomic E-state index is 15.3. The van der Waals surface area contributed by atoms with E-state index >= 15 is 4.39 Å². The maximum atomic E-state index is 15.3. The van der Waals surface area contributed by atoms with Crippen LogP contribution in [0.5, 0.6) is 5.75 Å². The smallest absolute Gasteiger partial charge is 0.253 e. The molecule has 0 bridgehead atoms. The zero-order valence-corrected chi connectivity index (χ0v) is 26.0. The molecule has 232 valence electrons. The van der Waals surface area contributed by atoms with Crippen molar-refractivity contribution in [1.82, 2.24) is 15.1 Å². The lowest BCUT2D eigenvalue weighted by atomic mass is 9.97.